The van der Waals surface area contributed by atoms with Crippen LogP contribution in [0, 0.1) is 0 Å². The quantitative estimate of drug-likeness (QED) is 0.548. The maximum Gasteiger partial charge on any atom is 0.289 e. The highest BCUT2D eigenvalue weighted by molar-refractivity contribution is 5.91. The topological polar surface area (TPSA) is 97.9 Å². The van der Waals surface area contributed by atoms with E-state index in [-0.39, 0.29) is 17.4 Å². The molecule has 2 aromatic heterocycles. The zero-order valence-corrected chi connectivity index (χ0v) is 18.5. The van der Waals surface area contributed by atoms with Crippen molar-refractivity contribution in [3.8, 4) is 17.0 Å². The van der Waals surface area contributed by atoms with Crippen molar-refractivity contribution in [1.29, 1.82) is 0 Å². The van der Waals surface area contributed by atoms with Crippen molar-refractivity contribution >= 4 is 11.8 Å². The predicted molar refractivity (Wildman–Crippen MR) is 121 cm³/mol. The second-order valence-electron chi connectivity index (χ2n) is 7.76. The SMILES string of the molecule is COc1ccc(-c2ccc(=O)n(CCCC(=O)N3CCN(C(=O)c4ccco4)CC3)n2)cc1. The molecular weight excluding hydrogens is 424 g/mol. The molecule has 1 aliphatic heterocycles. The third-order valence-electron chi connectivity index (χ3n) is 5.66. The first kappa shape index (κ1) is 22.3. The summed E-state index contributed by atoms with van der Waals surface area (Å²) in [5.74, 6) is 0.912. The molecule has 1 aliphatic rings. The van der Waals surface area contributed by atoms with Crippen LogP contribution >= 0.6 is 0 Å². The van der Waals surface area contributed by atoms with Gasteiger partial charge in [0, 0.05) is 50.8 Å². The fraction of sp³-hybridized carbons (Fsp3) is 0.333. The number of rotatable bonds is 7. The van der Waals surface area contributed by atoms with Crippen LogP contribution in [0.4, 0.5) is 0 Å². The summed E-state index contributed by atoms with van der Waals surface area (Å²) in [5, 5.41) is 4.45. The standard InChI is InChI=1S/C24H26N4O5/c1-32-19-8-6-18(7-9-19)20-10-11-23(30)28(25-20)12-2-5-22(29)26-13-15-27(16-14-26)24(31)21-4-3-17-33-21/h3-4,6-11,17H,2,5,12-16H2,1H3. The van der Waals surface area contributed by atoms with Crippen molar-refractivity contribution in [2.24, 2.45) is 0 Å². The fourth-order valence-electron chi connectivity index (χ4n) is 3.78. The van der Waals surface area contributed by atoms with Gasteiger partial charge in [-0.2, -0.15) is 5.10 Å². The van der Waals surface area contributed by atoms with E-state index in [1.54, 1.807) is 35.1 Å². The van der Waals surface area contributed by atoms with Crippen molar-refractivity contribution in [1.82, 2.24) is 19.6 Å². The Morgan fingerprint density at radius 1 is 1.00 bits per heavy atom. The Morgan fingerprint density at radius 3 is 2.39 bits per heavy atom. The molecule has 9 heteroatoms. The van der Waals surface area contributed by atoms with Gasteiger partial charge in [0.05, 0.1) is 19.1 Å². The molecule has 0 N–H and O–H groups in total. The molecule has 3 heterocycles. The molecule has 1 saturated heterocycles. The monoisotopic (exact) mass is 450 g/mol. The Kier molecular flexibility index (Phi) is 6.87. The zero-order valence-electron chi connectivity index (χ0n) is 18.5. The number of ether oxygens (including phenoxy) is 1. The molecule has 0 saturated carbocycles. The molecule has 0 atom stereocenters. The molecule has 33 heavy (non-hydrogen) atoms. The summed E-state index contributed by atoms with van der Waals surface area (Å²) < 4.78 is 11.7. The first-order valence-corrected chi connectivity index (χ1v) is 10.9. The van der Waals surface area contributed by atoms with E-state index < -0.39 is 0 Å². The number of hydrogen-bond acceptors (Lipinski definition) is 6. The number of amides is 2. The van der Waals surface area contributed by atoms with E-state index in [4.69, 9.17) is 9.15 Å². The molecule has 0 bridgehead atoms. The van der Waals surface area contributed by atoms with Crippen molar-refractivity contribution in [2.75, 3.05) is 33.3 Å². The number of hydrogen-bond donors (Lipinski definition) is 0. The summed E-state index contributed by atoms with van der Waals surface area (Å²) in [4.78, 5) is 40.6. The summed E-state index contributed by atoms with van der Waals surface area (Å²) in [6.07, 6.45) is 2.29. The molecule has 4 rings (SSSR count). The number of aryl methyl sites for hydroxylation is 1. The molecule has 172 valence electrons. The van der Waals surface area contributed by atoms with Gasteiger partial charge in [-0.3, -0.25) is 14.4 Å². The number of furan rings is 1. The van der Waals surface area contributed by atoms with Gasteiger partial charge in [-0.15, -0.1) is 0 Å². The highest BCUT2D eigenvalue weighted by Crippen LogP contribution is 2.19. The summed E-state index contributed by atoms with van der Waals surface area (Å²) >= 11 is 0. The van der Waals surface area contributed by atoms with Gasteiger partial charge in [0.1, 0.15) is 5.75 Å². The van der Waals surface area contributed by atoms with E-state index in [0.717, 1.165) is 11.3 Å². The van der Waals surface area contributed by atoms with E-state index in [9.17, 15) is 14.4 Å². The Morgan fingerprint density at radius 2 is 1.73 bits per heavy atom. The maximum atomic E-state index is 12.6. The molecule has 0 spiro atoms. The molecule has 1 aromatic carbocycles. The Bertz CT molecular complexity index is 1150. The normalized spacial score (nSPS) is 13.7. The number of piperazine rings is 1. The van der Waals surface area contributed by atoms with Crippen LogP contribution in [0.5, 0.6) is 5.75 Å². The number of methoxy groups -OCH3 is 1. The number of benzene rings is 1. The summed E-state index contributed by atoms with van der Waals surface area (Å²) in [6, 6.07) is 13.9. The third kappa shape index (κ3) is 5.31. The molecule has 2 amide bonds. The Balaban J connectivity index is 1.28. The van der Waals surface area contributed by atoms with Crippen LogP contribution in [0.25, 0.3) is 11.3 Å². The second kappa shape index (κ2) is 10.2. The summed E-state index contributed by atoms with van der Waals surface area (Å²) in [5.41, 5.74) is 1.35. The second-order valence-corrected chi connectivity index (χ2v) is 7.76. The Hall–Kier alpha value is -3.88. The van der Waals surface area contributed by atoms with Crippen LogP contribution in [-0.4, -0.2) is 64.7 Å². The van der Waals surface area contributed by atoms with Gasteiger partial charge in [-0.05, 0) is 48.9 Å². The number of nitrogens with zero attached hydrogens (tertiary/aromatic N) is 4. The molecule has 0 unspecified atom stereocenters. The van der Waals surface area contributed by atoms with Crippen LogP contribution in [0.15, 0.2) is 64.0 Å². The van der Waals surface area contributed by atoms with E-state index in [1.807, 2.05) is 24.3 Å². The molecule has 9 nitrogen and oxygen atoms in total. The minimum absolute atomic E-state index is 0.0134. The molecular formula is C24H26N4O5. The first-order chi connectivity index (χ1) is 16.0. The van der Waals surface area contributed by atoms with Gasteiger partial charge in [-0.25, -0.2) is 4.68 Å². The minimum Gasteiger partial charge on any atom is -0.497 e. The van der Waals surface area contributed by atoms with E-state index >= 15 is 0 Å². The van der Waals surface area contributed by atoms with E-state index in [0.29, 0.717) is 57.0 Å². The minimum atomic E-state index is -0.204. The highest BCUT2D eigenvalue weighted by Gasteiger charge is 2.25. The van der Waals surface area contributed by atoms with E-state index in [2.05, 4.69) is 5.10 Å². The van der Waals surface area contributed by atoms with Gasteiger partial charge in [-0.1, -0.05) is 0 Å². The number of carbonyl (C=O) groups is 2. The van der Waals surface area contributed by atoms with Crippen molar-refractivity contribution in [3.63, 3.8) is 0 Å². The van der Waals surface area contributed by atoms with E-state index in [1.165, 1.54) is 17.0 Å². The van der Waals surface area contributed by atoms with Gasteiger partial charge >= 0.3 is 0 Å². The van der Waals surface area contributed by atoms with Gasteiger partial charge in [0.25, 0.3) is 11.5 Å². The van der Waals surface area contributed by atoms with Gasteiger partial charge < -0.3 is 19.0 Å². The van der Waals surface area contributed by atoms with Gasteiger partial charge in [0.2, 0.25) is 5.91 Å². The van der Waals surface area contributed by atoms with Crippen LogP contribution in [0.3, 0.4) is 0 Å². The van der Waals surface area contributed by atoms with Crippen LogP contribution in [0.2, 0.25) is 0 Å². The number of carbonyl (C=O) groups excluding carboxylic acids is 2. The molecule has 0 radical (unpaired) electrons. The predicted octanol–water partition coefficient (Wildman–Crippen LogP) is 2.28. The van der Waals surface area contributed by atoms with Crippen molar-refractivity contribution in [3.05, 3.63) is 70.9 Å². The average Bonchev–Trinajstić information content (AvgIpc) is 3.40. The third-order valence-corrected chi connectivity index (χ3v) is 5.66. The van der Waals surface area contributed by atoms with Crippen molar-refractivity contribution in [2.45, 2.75) is 19.4 Å². The molecule has 3 aromatic rings. The summed E-state index contributed by atoms with van der Waals surface area (Å²) in [7, 11) is 1.61. The number of aromatic nitrogens is 2. The lowest BCUT2D eigenvalue weighted by atomic mass is 10.1. The molecule has 1 fully saturated rings. The first-order valence-electron chi connectivity index (χ1n) is 10.9. The van der Waals surface area contributed by atoms with Crippen molar-refractivity contribution < 1.29 is 18.7 Å². The average molecular weight is 450 g/mol. The summed E-state index contributed by atoms with van der Waals surface area (Å²) in [6.45, 7) is 2.25. The van der Waals surface area contributed by atoms with Crippen LogP contribution in [0.1, 0.15) is 23.4 Å². The Labute approximate surface area is 191 Å². The van der Waals surface area contributed by atoms with Crippen LogP contribution in [-0.2, 0) is 11.3 Å². The lowest BCUT2D eigenvalue weighted by Gasteiger charge is -2.34. The zero-order chi connectivity index (χ0) is 23.2. The maximum absolute atomic E-state index is 12.6. The smallest absolute Gasteiger partial charge is 0.289 e. The van der Waals surface area contributed by atoms with Gasteiger partial charge in [0.15, 0.2) is 5.76 Å². The van der Waals surface area contributed by atoms with Crippen LogP contribution < -0.4 is 10.3 Å². The largest absolute Gasteiger partial charge is 0.497 e. The lowest BCUT2D eigenvalue weighted by Crippen LogP contribution is -2.50. The fourth-order valence-corrected chi connectivity index (χ4v) is 3.78. The highest BCUT2D eigenvalue weighted by atomic mass is 16.5. The lowest BCUT2D eigenvalue weighted by molar-refractivity contribution is -0.132. The molecule has 0 aliphatic carbocycles.